The number of primary amides is 1. The Bertz CT molecular complexity index is 267. The summed E-state index contributed by atoms with van der Waals surface area (Å²) >= 11 is 6.55. The van der Waals surface area contributed by atoms with Crippen LogP contribution in [0.5, 0.6) is 0 Å². The van der Waals surface area contributed by atoms with Crippen LogP contribution in [0.2, 0.25) is 0 Å². The number of rotatable bonds is 2. The van der Waals surface area contributed by atoms with E-state index in [1.165, 1.54) is 0 Å². The normalized spacial score (nSPS) is 9.42. The van der Waals surface area contributed by atoms with E-state index in [-0.39, 0.29) is 0 Å². The smallest absolute Gasteiger partial charge is 0.340 e. The minimum absolute atomic E-state index is 0.675. The van der Waals surface area contributed by atoms with Gasteiger partial charge in [-0.05, 0) is 12.1 Å². The molecule has 0 saturated heterocycles. The minimum atomic E-state index is -0.675. The zero-order valence-electron chi connectivity index (χ0n) is 6.11. The van der Waals surface area contributed by atoms with Crippen molar-refractivity contribution in [1.82, 2.24) is 3.82 Å². The highest BCUT2D eigenvalue weighted by Gasteiger charge is 2.06. The summed E-state index contributed by atoms with van der Waals surface area (Å²) in [7, 11) is 0. The van der Waals surface area contributed by atoms with Crippen LogP contribution in [-0.4, -0.2) is 9.86 Å². The SMILES string of the molecule is NC(=O)N(Cl)Sc1ccccc1. The molecule has 2 N–H and O–H groups in total. The molecule has 1 rings (SSSR count). The van der Waals surface area contributed by atoms with E-state index in [9.17, 15) is 4.79 Å². The van der Waals surface area contributed by atoms with Gasteiger partial charge in [0.05, 0.1) is 0 Å². The maximum absolute atomic E-state index is 10.5. The summed E-state index contributed by atoms with van der Waals surface area (Å²) in [6.45, 7) is 0. The Labute approximate surface area is 79.7 Å². The molecule has 5 heteroatoms. The highest BCUT2D eigenvalue weighted by atomic mass is 35.5. The van der Waals surface area contributed by atoms with Crippen molar-refractivity contribution < 1.29 is 4.79 Å². The molecule has 0 radical (unpaired) electrons. The molecule has 0 fully saturated rings. The van der Waals surface area contributed by atoms with Crippen LogP contribution >= 0.6 is 23.7 Å². The first-order chi connectivity index (χ1) is 5.70. The largest absolute Gasteiger partial charge is 0.350 e. The van der Waals surface area contributed by atoms with Gasteiger partial charge in [0.2, 0.25) is 0 Å². The van der Waals surface area contributed by atoms with E-state index in [2.05, 4.69) is 0 Å². The molecule has 0 aliphatic rings. The molecule has 1 aromatic rings. The van der Waals surface area contributed by atoms with Gasteiger partial charge in [0.15, 0.2) is 0 Å². The molecule has 0 heterocycles. The van der Waals surface area contributed by atoms with E-state index in [4.69, 9.17) is 17.5 Å². The van der Waals surface area contributed by atoms with E-state index < -0.39 is 6.03 Å². The third-order valence-electron chi connectivity index (χ3n) is 1.10. The van der Waals surface area contributed by atoms with Gasteiger partial charge >= 0.3 is 6.03 Å². The van der Waals surface area contributed by atoms with Gasteiger partial charge in [0, 0.05) is 28.6 Å². The van der Waals surface area contributed by atoms with Crippen molar-refractivity contribution in [2.45, 2.75) is 4.90 Å². The Morgan fingerprint density at radius 1 is 1.42 bits per heavy atom. The Balaban J connectivity index is 2.58. The lowest BCUT2D eigenvalue weighted by atomic mass is 10.4. The number of halogens is 1. The van der Waals surface area contributed by atoms with Gasteiger partial charge in [-0.15, -0.1) is 0 Å². The van der Waals surface area contributed by atoms with E-state index >= 15 is 0 Å². The number of benzene rings is 1. The Morgan fingerprint density at radius 2 is 2.00 bits per heavy atom. The summed E-state index contributed by atoms with van der Waals surface area (Å²) in [4.78, 5) is 11.4. The third-order valence-corrected chi connectivity index (χ3v) is 2.30. The van der Waals surface area contributed by atoms with E-state index in [1.807, 2.05) is 30.3 Å². The second-order valence-electron chi connectivity index (χ2n) is 1.99. The Morgan fingerprint density at radius 3 is 2.50 bits per heavy atom. The third kappa shape index (κ3) is 2.64. The molecule has 0 aromatic heterocycles. The molecule has 0 unspecified atom stereocenters. The Hall–Kier alpha value is -0.870. The van der Waals surface area contributed by atoms with Crippen molar-refractivity contribution in [2.24, 2.45) is 5.73 Å². The highest BCUT2D eigenvalue weighted by molar-refractivity contribution is 7.98. The van der Waals surface area contributed by atoms with Gasteiger partial charge in [-0.2, -0.15) is 3.82 Å². The van der Waals surface area contributed by atoms with Crippen LogP contribution in [0.1, 0.15) is 0 Å². The number of urea groups is 1. The molecule has 2 amide bonds. The van der Waals surface area contributed by atoms with Crippen LogP contribution in [0.25, 0.3) is 0 Å². The van der Waals surface area contributed by atoms with Crippen LogP contribution in [0.4, 0.5) is 4.79 Å². The first kappa shape index (κ1) is 9.22. The van der Waals surface area contributed by atoms with Gasteiger partial charge in [0.1, 0.15) is 0 Å². The standard InChI is InChI=1S/C7H7ClN2OS/c8-10(7(9)11)12-6-4-2-1-3-5-6/h1-5H,(H2,9,11). The summed E-state index contributed by atoms with van der Waals surface area (Å²) in [6.07, 6.45) is 0. The van der Waals surface area contributed by atoms with Gasteiger partial charge in [-0.1, -0.05) is 18.2 Å². The van der Waals surface area contributed by atoms with Crippen LogP contribution in [0, 0.1) is 0 Å². The first-order valence-corrected chi connectivity index (χ1v) is 4.29. The molecule has 0 spiro atoms. The lowest BCUT2D eigenvalue weighted by Gasteiger charge is -2.07. The van der Waals surface area contributed by atoms with Crippen LogP contribution < -0.4 is 5.73 Å². The summed E-state index contributed by atoms with van der Waals surface area (Å²) in [6, 6.07) is 8.59. The Kier molecular flexibility index (Phi) is 3.25. The fourth-order valence-electron chi connectivity index (χ4n) is 0.619. The van der Waals surface area contributed by atoms with Crippen LogP contribution in [0.3, 0.4) is 0 Å². The van der Waals surface area contributed by atoms with Crippen LogP contribution in [-0.2, 0) is 0 Å². The molecule has 12 heavy (non-hydrogen) atoms. The van der Waals surface area contributed by atoms with E-state index in [0.29, 0.717) is 0 Å². The van der Waals surface area contributed by atoms with E-state index in [0.717, 1.165) is 20.7 Å². The van der Waals surface area contributed by atoms with Crippen molar-refractivity contribution in [3.05, 3.63) is 30.3 Å². The van der Waals surface area contributed by atoms with Crippen molar-refractivity contribution in [2.75, 3.05) is 0 Å². The first-order valence-electron chi connectivity index (χ1n) is 3.18. The molecule has 64 valence electrons. The fourth-order valence-corrected chi connectivity index (χ4v) is 1.41. The summed E-state index contributed by atoms with van der Waals surface area (Å²) in [5, 5.41) is 0. The number of amides is 2. The van der Waals surface area contributed by atoms with E-state index in [1.54, 1.807) is 0 Å². The zero-order valence-corrected chi connectivity index (χ0v) is 7.68. The lowest BCUT2D eigenvalue weighted by molar-refractivity contribution is 0.246. The lowest BCUT2D eigenvalue weighted by Crippen LogP contribution is -2.21. The maximum atomic E-state index is 10.5. The predicted octanol–water partition coefficient (Wildman–Crippen LogP) is 2.23. The number of nitrogens with zero attached hydrogens (tertiary/aromatic N) is 1. The number of hydrogen-bond acceptors (Lipinski definition) is 2. The summed E-state index contributed by atoms with van der Waals surface area (Å²) < 4.78 is 0.856. The van der Waals surface area contributed by atoms with Crippen molar-refractivity contribution in [3.63, 3.8) is 0 Å². The molecule has 0 aliphatic carbocycles. The quantitative estimate of drug-likeness (QED) is 0.591. The second-order valence-corrected chi connectivity index (χ2v) is 3.55. The van der Waals surface area contributed by atoms with Crippen molar-refractivity contribution >= 4 is 29.8 Å². The average molecular weight is 203 g/mol. The molecule has 1 aromatic carbocycles. The second kappa shape index (κ2) is 4.23. The monoisotopic (exact) mass is 202 g/mol. The van der Waals surface area contributed by atoms with Gasteiger partial charge in [-0.3, -0.25) is 0 Å². The number of carbonyl (C=O) groups is 1. The molecule has 0 atom stereocenters. The van der Waals surface area contributed by atoms with Crippen LogP contribution in [0.15, 0.2) is 35.2 Å². The number of hydrogen-bond donors (Lipinski definition) is 1. The van der Waals surface area contributed by atoms with Gasteiger partial charge < -0.3 is 5.73 Å². The van der Waals surface area contributed by atoms with Gasteiger partial charge in [-0.25, -0.2) is 4.79 Å². The number of carbonyl (C=O) groups excluding carboxylic acids is 1. The molecule has 3 nitrogen and oxygen atoms in total. The highest BCUT2D eigenvalue weighted by Crippen LogP contribution is 2.23. The summed E-state index contributed by atoms with van der Waals surface area (Å²) in [5.74, 6) is 0. The predicted molar refractivity (Wildman–Crippen MR) is 49.6 cm³/mol. The van der Waals surface area contributed by atoms with Crippen molar-refractivity contribution in [1.29, 1.82) is 0 Å². The molecular formula is C7H7ClN2OS. The number of nitrogens with two attached hydrogens (primary N) is 1. The topological polar surface area (TPSA) is 46.3 Å². The molecule has 0 saturated carbocycles. The molecular weight excluding hydrogens is 196 g/mol. The van der Waals surface area contributed by atoms with Gasteiger partial charge in [0.25, 0.3) is 0 Å². The molecule has 0 bridgehead atoms. The summed E-state index contributed by atoms with van der Waals surface area (Å²) in [5.41, 5.74) is 4.92. The fraction of sp³-hybridized carbons (Fsp3) is 0. The van der Waals surface area contributed by atoms with Crippen molar-refractivity contribution in [3.8, 4) is 0 Å². The minimum Gasteiger partial charge on any atom is -0.350 e. The zero-order chi connectivity index (χ0) is 8.97. The maximum Gasteiger partial charge on any atom is 0.340 e. The average Bonchev–Trinajstić information content (AvgIpc) is 2.06. The molecule has 0 aliphatic heterocycles.